The summed E-state index contributed by atoms with van der Waals surface area (Å²) in [4.78, 5) is 12.5. The number of anilines is 1. The van der Waals surface area contributed by atoms with Crippen LogP contribution in [0.2, 0.25) is 0 Å². The van der Waals surface area contributed by atoms with E-state index in [-0.39, 0.29) is 18.2 Å². The van der Waals surface area contributed by atoms with Gasteiger partial charge in [0, 0.05) is 18.7 Å². The lowest BCUT2D eigenvalue weighted by Crippen LogP contribution is -2.32. The van der Waals surface area contributed by atoms with Crippen molar-refractivity contribution in [2.45, 2.75) is 20.4 Å². The molecule has 8 nitrogen and oxygen atoms in total. The number of benzene rings is 2. The number of methoxy groups -OCH3 is 3. The monoisotopic (exact) mass is 436 g/mol. The van der Waals surface area contributed by atoms with Gasteiger partial charge in [0.25, 0.3) is 5.91 Å². The molecular weight excluding hydrogens is 408 g/mol. The van der Waals surface area contributed by atoms with Crippen molar-refractivity contribution in [3.63, 3.8) is 0 Å². The summed E-state index contributed by atoms with van der Waals surface area (Å²) >= 11 is 0. The highest BCUT2D eigenvalue weighted by Gasteiger charge is 2.19. The molecule has 0 radical (unpaired) electrons. The van der Waals surface area contributed by atoms with Gasteiger partial charge in [-0.25, -0.2) is 8.42 Å². The Morgan fingerprint density at radius 1 is 0.967 bits per heavy atom. The van der Waals surface area contributed by atoms with Crippen LogP contribution in [0.1, 0.15) is 29.8 Å². The molecule has 2 rings (SSSR count). The van der Waals surface area contributed by atoms with Crippen LogP contribution in [-0.4, -0.2) is 48.0 Å². The number of rotatable bonds is 10. The first-order valence-electron chi connectivity index (χ1n) is 9.48. The summed E-state index contributed by atoms with van der Waals surface area (Å²) in [7, 11) is 1.22. The van der Waals surface area contributed by atoms with Crippen LogP contribution >= 0.6 is 0 Å². The number of ether oxygens (including phenoxy) is 3. The van der Waals surface area contributed by atoms with Crippen LogP contribution in [0.4, 0.5) is 5.69 Å². The number of carbonyl (C=O) groups excluding carboxylic acids is 1. The van der Waals surface area contributed by atoms with Gasteiger partial charge in [0.1, 0.15) is 0 Å². The molecule has 2 aromatic rings. The largest absolute Gasteiger partial charge is 0.493 e. The highest BCUT2D eigenvalue weighted by Crippen LogP contribution is 2.38. The van der Waals surface area contributed by atoms with Crippen LogP contribution in [0.25, 0.3) is 0 Å². The number of nitrogens with zero attached hydrogens (tertiary/aromatic N) is 1. The molecule has 0 aromatic heterocycles. The van der Waals surface area contributed by atoms with Crippen molar-refractivity contribution in [3.8, 4) is 17.2 Å². The molecule has 0 aliphatic rings. The van der Waals surface area contributed by atoms with E-state index in [1.165, 1.54) is 25.6 Å². The van der Waals surface area contributed by atoms with Crippen LogP contribution < -0.4 is 23.8 Å². The highest BCUT2D eigenvalue weighted by molar-refractivity contribution is 7.92. The molecule has 0 bridgehead atoms. The predicted molar refractivity (Wildman–Crippen MR) is 116 cm³/mol. The summed E-state index contributed by atoms with van der Waals surface area (Å²) in [6.45, 7) is 3.94. The Morgan fingerprint density at radius 3 is 1.97 bits per heavy atom. The molecule has 0 aliphatic heterocycles. The third-order valence-electron chi connectivity index (χ3n) is 4.58. The van der Waals surface area contributed by atoms with Crippen LogP contribution in [0.5, 0.6) is 17.2 Å². The fourth-order valence-corrected chi connectivity index (χ4v) is 4.14. The van der Waals surface area contributed by atoms with Crippen molar-refractivity contribution < 1.29 is 27.4 Å². The fraction of sp³-hybridized carbons (Fsp3) is 0.381. The van der Waals surface area contributed by atoms with Crippen LogP contribution in [0.15, 0.2) is 36.4 Å². The molecule has 9 heteroatoms. The first kappa shape index (κ1) is 23.3. The van der Waals surface area contributed by atoms with Gasteiger partial charge in [-0.2, -0.15) is 0 Å². The van der Waals surface area contributed by atoms with Crippen LogP contribution in [0, 0.1) is 0 Å². The zero-order chi connectivity index (χ0) is 22.3. The zero-order valence-corrected chi connectivity index (χ0v) is 18.7. The Labute approximate surface area is 177 Å². The summed E-state index contributed by atoms with van der Waals surface area (Å²) in [6.07, 6.45) is 0. The minimum atomic E-state index is -3.36. The Morgan fingerprint density at radius 2 is 1.53 bits per heavy atom. The Balaban J connectivity index is 2.14. The van der Waals surface area contributed by atoms with Crippen LogP contribution in [0.3, 0.4) is 0 Å². The lowest BCUT2D eigenvalue weighted by molar-refractivity contribution is 0.0951. The topological polar surface area (TPSA) is 94.2 Å². The van der Waals surface area contributed by atoms with Gasteiger partial charge in [-0.1, -0.05) is 0 Å². The molecule has 1 N–H and O–H groups in total. The first-order valence-corrected chi connectivity index (χ1v) is 11.1. The van der Waals surface area contributed by atoms with E-state index < -0.39 is 10.0 Å². The van der Waals surface area contributed by atoms with E-state index in [9.17, 15) is 13.2 Å². The predicted octanol–water partition coefficient (Wildman–Crippen LogP) is 2.82. The van der Waals surface area contributed by atoms with E-state index >= 15 is 0 Å². The zero-order valence-electron chi connectivity index (χ0n) is 17.9. The molecule has 0 saturated carbocycles. The normalized spacial score (nSPS) is 11.0. The van der Waals surface area contributed by atoms with Gasteiger partial charge >= 0.3 is 0 Å². The number of hydrogen-bond acceptors (Lipinski definition) is 6. The first-order chi connectivity index (χ1) is 14.3. The van der Waals surface area contributed by atoms with Gasteiger partial charge in [-0.3, -0.25) is 9.10 Å². The average molecular weight is 437 g/mol. The summed E-state index contributed by atoms with van der Waals surface area (Å²) in [6, 6.07) is 10.00. The molecular formula is C21H28N2O6S. The molecule has 0 aliphatic carbocycles. The second kappa shape index (κ2) is 10.2. The molecule has 0 saturated heterocycles. The van der Waals surface area contributed by atoms with Gasteiger partial charge in [0.2, 0.25) is 15.8 Å². The third kappa shape index (κ3) is 5.15. The molecule has 0 fully saturated rings. The van der Waals surface area contributed by atoms with Crippen molar-refractivity contribution in [1.29, 1.82) is 0 Å². The SMILES string of the molecule is CCN(c1ccc(C(=O)NCc2cc(OC)c(OC)c(OC)c2)cc1)S(=O)(=O)CC. The molecule has 1 amide bonds. The molecule has 0 atom stereocenters. The van der Waals surface area contributed by atoms with Crippen molar-refractivity contribution in [2.75, 3.05) is 37.9 Å². The lowest BCUT2D eigenvalue weighted by Gasteiger charge is -2.22. The van der Waals surface area contributed by atoms with Gasteiger partial charge in [0.15, 0.2) is 11.5 Å². The van der Waals surface area contributed by atoms with Crippen molar-refractivity contribution in [2.24, 2.45) is 0 Å². The quantitative estimate of drug-likeness (QED) is 0.616. The van der Waals surface area contributed by atoms with Crippen LogP contribution in [-0.2, 0) is 16.6 Å². The van der Waals surface area contributed by atoms with E-state index in [2.05, 4.69) is 5.32 Å². The van der Waals surface area contributed by atoms with Crippen molar-refractivity contribution >= 4 is 21.6 Å². The standard InChI is InChI=1S/C21H28N2O6S/c1-6-23(30(25,26)7-2)17-10-8-16(9-11-17)21(24)22-14-15-12-18(27-3)20(29-5)19(13-15)28-4/h8-13H,6-7,14H2,1-5H3,(H,22,24). The second-order valence-corrected chi connectivity index (χ2v) is 8.51. The van der Waals surface area contributed by atoms with Crippen molar-refractivity contribution in [3.05, 3.63) is 47.5 Å². The smallest absolute Gasteiger partial charge is 0.251 e. The number of hydrogen-bond donors (Lipinski definition) is 1. The minimum absolute atomic E-state index is 0.0118. The summed E-state index contributed by atoms with van der Waals surface area (Å²) in [5.74, 6) is 1.21. The van der Waals surface area contributed by atoms with E-state index in [0.717, 1.165) is 5.56 Å². The highest BCUT2D eigenvalue weighted by atomic mass is 32.2. The minimum Gasteiger partial charge on any atom is -0.493 e. The summed E-state index contributed by atoms with van der Waals surface area (Å²) < 4.78 is 41.6. The maximum atomic E-state index is 12.5. The maximum Gasteiger partial charge on any atom is 0.251 e. The van der Waals surface area contributed by atoms with Gasteiger partial charge in [-0.05, 0) is 55.8 Å². The fourth-order valence-electron chi connectivity index (χ4n) is 3.00. The van der Waals surface area contributed by atoms with Crippen molar-refractivity contribution in [1.82, 2.24) is 5.32 Å². The maximum absolute atomic E-state index is 12.5. The molecule has 2 aromatic carbocycles. The Bertz CT molecular complexity index is 948. The molecule has 0 heterocycles. The van der Waals surface area contributed by atoms with Gasteiger partial charge < -0.3 is 19.5 Å². The number of nitrogens with one attached hydrogen (secondary N) is 1. The van der Waals surface area contributed by atoms with Gasteiger partial charge in [0.05, 0.1) is 32.8 Å². The Kier molecular flexibility index (Phi) is 7.93. The average Bonchev–Trinajstić information content (AvgIpc) is 2.77. The molecule has 164 valence electrons. The van der Waals surface area contributed by atoms with E-state index in [0.29, 0.717) is 35.0 Å². The van der Waals surface area contributed by atoms with E-state index in [1.54, 1.807) is 50.2 Å². The summed E-state index contributed by atoms with van der Waals surface area (Å²) in [5.41, 5.74) is 1.73. The molecule has 30 heavy (non-hydrogen) atoms. The Hall–Kier alpha value is -2.94. The van der Waals surface area contributed by atoms with E-state index in [1.807, 2.05) is 0 Å². The molecule has 0 spiro atoms. The van der Waals surface area contributed by atoms with Gasteiger partial charge in [-0.15, -0.1) is 0 Å². The number of carbonyl (C=O) groups is 1. The lowest BCUT2D eigenvalue weighted by atomic mass is 10.1. The van der Waals surface area contributed by atoms with E-state index in [4.69, 9.17) is 14.2 Å². The number of amides is 1. The summed E-state index contributed by atoms with van der Waals surface area (Å²) in [5, 5.41) is 2.84. The second-order valence-electron chi connectivity index (χ2n) is 6.33. The number of sulfonamides is 1. The third-order valence-corrected chi connectivity index (χ3v) is 6.45. The molecule has 0 unspecified atom stereocenters.